The Bertz CT molecular complexity index is 1130. The molecule has 1 aliphatic carbocycles. The summed E-state index contributed by atoms with van der Waals surface area (Å²) in [6.07, 6.45) is 6.26. The van der Waals surface area contributed by atoms with Crippen LogP contribution in [0.15, 0.2) is 42.6 Å². The maximum absolute atomic E-state index is 12.3. The average Bonchev–Trinajstić information content (AvgIpc) is 3.36. The largest absolute Gasteiger partial charge is 0.496 e. The van der Waals surface area contributed by atoms with E-state index in [1.54, 1.807) is 12.1 Å². The molecular formula is C24H26N2O5. The molecule has 162 valence electrons. The quantitative estimate of drug-likeness (QED) is 0.586. The molecule has 7 heteroatoms. The van der Waals surface area contributed by atoms with E-state index >= 15 is 0 Å². The number of rotatable bonds is 6. The van der Waals surface area contributed by atoms with Gasteiger partial charge in [0.15, 0.2) is 0 Å². The molecule has 1 amide bonds. The van der Waals surface area contributed by atoms with Crippen molar-refractivity contribution in [1.29, 1.82) is 0 Å². The van der Waals surface area contributed by atoms with E-state index in [4.69, 9.17) is 9.47 Å². The normalized spacial score (nSPS) is 14.0. The second-order valence-corrected chi connectivity index (χ2v) is 7.94. The Balaban J connectivity index is 1.59. The van der Waals surface area contributed by atoms with Crippen LogP contribution in [0.2, 0.25) is 0 Å². The Morgan fingerprint density at radius 2 is 1.90 bits per heavy atom. The number of hydrogen-bond donors (Lipinski definition) is 2. The van der Waals surface area contributed by atoms with Gasteiger partial charge in [-0.05, 0) is 67.1 Å². The lowest BCUT2D eigenvalue weighted by molar-refractivity contribution is 0.0696. The van der Waals surface area contributed by atoms with E-state index in [0.717, 1.165) is 47.7 Å². The van der Waals surface area contributed by atoms with Crippen molar-refractivity contribution in [3.05, 3.63) is 59.3 Å². The number of carboxylic acid groups (broad SMARTS) is 1. The first kappa shape index (κ1) is 20.8. The van der Waals surface area contributed by atoms with Crippen molar-refractivity contribution in [2.45, 2.75) is 38.2 Å². The predicted octanol–water partition coefficient (Wildman–Crippen LogP) is 4.97. The number of fused-ring (bicyclic) bond motifs is 1. The van der Waals surface area contributed by atoms with E-state index < -0.39 is 12.1 Å². The first-order chi connectivity index (χ1) is 14.9. The molecule has 2 aromatic carbocycles. The molecule has 1 aromatic heterocycles. The molecular weight excluding hydrogens is 396 g/mol. The number of nitrogens with one attached hydrogen (secondary N) is 1. The summed E-state index contributed by atoms with van der Waals surface area (Å²) in [5, 5.41) is 13.1. The van der Waals surface area contributed by atoms with Crippen LogP contribution in [0.5, 0.6) is 5.75 Å². The number of methoxy groups -OCH3 is 1. The molecule has 0 spiro atoms. The van der Waals surface area contributed by atoms with Crippen molar-refractivity contribution in [3.8, 4) is 5.75 Å². The van der Waals surface area contributed by atoms with Crippen molar-refractivity contribution in [1.82, 2.24) is 4.57 Å². The lowest BCUT2D eigenvalue weighted by Gasteiger charge is -2.12. The molecule has 1 fully saturated rings. The maximum Gasteiger partial charge on any atom is 0.411 e. The third-order valence-electron chi connectivity index (χ3n) is 5.81. The van der Waals surface area contributed by atoms with Gasteiger partial charge >= 0.3 is 12.1 Å². The zero-order valence-corrected chi connectivity index (χ0v) is 17.7. The summed E-state index contributed by atoms with van der Waals surface area (Å²) in [6.45, 7) is 0. The summed E-state index contributed by atoms with van der Waals surface area (Å²) in [5.41, 5.74) is 3.83. The third kappa shape index (κ3) is 4.50. The van der Waals surface area contributed by atoms with Crippen molar-refractivity contribution in [2.75, 3.05) is 12.4 Å². The highest BCUT2D eigenvalue weighted by Crippen LogP contribution is 2.30. The fraction of sp³-hybridized carbons (Fsp3) is 0.333. The molecule has 4 rings (SSSR count). The van der Waals surface area contributed by atoms with Gasteiger partial charge in [0.05, 0.1) is 12.7 Å². The summed E-state index contributed by atoms with van der Waals surface area (Å²) in [5.74, 6) is -0.457. The monoisotopic (exact) mass is 422 g/mol. The van der Waals surface area contributed by atoms with Gasteiger partial charge in [-0.15, -0.1) is 0 Å². The van der Waals surface area contributed by atoms with Crippen LogP contribution < -0.4 is 10.1 Å². The van der Waals surface area contributed by atoms with Crippen LogP contribution in [0.25, 0.3) is 10.9 Å². The molecule has 0 bridgehead atoms. The standard InChI is InChI=1S/C24H26N2O5/c1-26-14-17(11-15-7-8-16(23(27)28)12-22(15)30-2)20-13-18(9-10-21(20)26)25-24(29)31-19-5-3-4-6-19/h7-10,12-14,19H,3-6,11H2,1-2H3,(H,25,29)(H,27,28). The van der Waals surface area contributed by atoms with Gasteiger partial charge in [0.25, 0.3) is 0 Å². The number of aromatic carboxylic acids is 1. The topological polar surface area (TPSA) is 89.8 Å². The number of aromatic nitrogens is 1. The van der Waals surface area contributed by atoms with Crippen LogP contribution in [0, 0.1) is 0 Å². The zero-order chi connectivity index (χ0) is 22.0. The fourth-order valence-corrected chi connectivity index (χ4v) is 4.23. The Morgan fingerprint density at radius 3 is 2.61 bits per heavy atom. The van der Waals surface area contributed by atoms with E-state index in [1.165, 1.54) is 13.2 Å². The second-order valence-electron chi connectivity index (χ2n) is 7.94. The second kappa shape index (κ2) is 8.71. The van der Waals surface area contributed by atoms with Gasteiger partial charge in [-0.3, -0.25) is 5.32 Å². The van der Waals surface area contributed by atoms with Crippen molar-refractivity contribution in [3.63, 3.8) is 0 Å². The number of ether oxygens (including phenoxy) is 2. The summed E-state index contributed by atoms with van der Waals surface area (Å²) in [6, 6.07) is 10.7. The zero-order valence-electron chi connectivity index (χ0n) is 17.7. The van der Waals surface area contributed by atoms with Crippen LogP contribution in [-0.4, -0.2) is 34.9 Å². The third-order valence-corrected chi connectivity index (χ3v) is 5.81. The Morgan fingerprint density at radius 1 is 1.13 bits per heavy atom. The lowest BCUT2D eigenvalue weighted by Crippen LogP contribution is -2.20. The molecule has 1 heterocycles. The molecule has 1 saturated carbocycles. The van der Waals surface area contributed by atoms with E-state index in [-0.39, 0.29) is 11.7 Å². The van der Waals surface area contributed by atoms with Gasteiger partial charge in [-0.25, -0.2) is 9.59 Å². The molecule has 0 unspecified atom stereocenters. The number of benzene rings is 2. The number of anilines is 1. The number of carbonyl (C=O) groups excluding carboxylic acids is 1. The first-order valence-corrected chi connectivity index (χ1v) is 10.4. The summed E-state index contributed by atoms with van der Waals surface area (Å²) < 4.78 is 13.0. The first-order valence-electron chi connectivity index (χ1n) is 10.4. The average molecular weight is 422 g/mol. The van der Waals surface area contributed by atoms with Crippen molar-refractivity contribution < 1.29 is 24.2 Å². The van der Waals surface area contributed by atoms with Crippen LogP contribution in [-0.2, 0) is 18.2 Å². The molecule has 0 aliphatic heterocycles. The van der Waals surface area contributed by atoms with E-state index in [0.29, 0.717) is 17.9 Å². The van der Waals surface area contributed by atoms with Crippen LogP contribution in [0.1, 0.15) is 47.2 Å². The lowest BCUT2D eigenvalue weighted by atomic mass is 10.0. The Hall–Kier alpha value is -3.48. The number of nitrogens with zero attached hydrogens (tertiary/aromatic N) is 1. The minimum Gasteiger partial charge on any atom is -0.496 e. The number of hydrogen-bond acceptors (Lipinski definition) is 4. The number of carbonyl (C=O) groups is 2. The van der Waals surface area contributed by atoms with Crippen LogP contribution >= 0.6 is 0 Å². The molecule has 31 heavy (non-hydrogen) atoms. The smallest absolute Gasteiger partial charge is 0.411 e. The maximum atomic E-state index is 12.3. The highest BCUT2D eigenvalue weighted by molar-refractivity contribution is 5.92. The van der Waals surface area contributed by atoms with Gasteiger partial charge in [0.2, 0.25) is 0 Å². The van der Waals surface area contributed by atoms with Gasteiger partial charge in [-0.1, -0.05) is 6.07 Å². The molecule has 0 atom stereocenters. The molecule has 7 nitrogen and oxygen atoms in total. The Labute approximate surface area is 180 Å². The SMILES string of the molecule is COc1cc(C(=O)O)ccc1Cc1cn(C)c2ccc(NC(=O)OC3CCCC3)cc12. The van der Waals surface area contributed by atoms with E-state index in [1.807, 2.05) is 36.0 Å². The summed E-state index contributed by atoms with van der Waals surface area (Å²) in [4.78, 5) is 23.5. The number of amides is 1. The predicted molar refractivity (Wildman–Crippen MR) is 118 cm³/mol. The van der Waals surface area contributed by atoms with Gasteiger partial charge < -0.3 is 19.1 Å². The molecule has 0 saturated heterocycles. The molecule has 1 aliphatic rings. The minimum absolute atomic E-state index is 0.0113. The highest BCUT2D eigenvalue weighted by Gasteiger charge is 2.19. The van der Waals surface area contributed by atoms with Gasteiger partial charge in [0.1, 0.15) is 11.9 Å². The van der Waals surface area contributed by atoms with Crippen LogP contribution in [0.3, 0.4) is 0 Å². The van der Waals surface area contributed by atoms with Crippen LogP contribution in [0.4, 0.5) is 10.5 Å². The molecule has 0 radical (unpaired) electrons. The summed E-state index contributed by atoms with van der Waals surface area (Å²) in [7, 11) is 3.50. The summed E-state index contributed by atoms with van der Waals surface area (Å²) >= 11 is 0. The van der Waals surface area contributed by atoms with E-state index in [2.05, 4.69) is 5.32 Å². The minimum atomic E-state index is -0.991. The van der Waals surface area contributed by atoms with Crippen molar-refractivity contribution >= 4 is 28.7 Å². The Kier molecular flexibility index (Phi) is 5.84. The van der Waals surface area contributed by atoms with E-state index in [9.17, 15) is 14.7 Å². The van der Waals surface area contributed by atoms with Gasteiger partial charge in [0, 0.05) is 36.3 Å². The highest BCUT2D eigenvalue weighted by atomic mass is 16.6. The number of carboxylic acids is 1. The number of aryl methyl sites for hydroxylation is 1. The van der Waals surface area contributed by atoms with Gasteiger partial charge in [-0.2, -0.15) is 0 Å². The molecule has 2 N–H and O–H groups in total. The fourth-order valence-electron chi connectivity index (χ4n) is 4.23. The molecule has 3 aromatic rings. The van der Waals surface area contributed by atoms with Crippen molar-refractivity contribution in [2.24, 2.45) is 7.05 Å².